The van der Waals surface area contributed by atoms with Crippen molar-refractivity contribution in [1.29, 1.82) is 0 Å². The molecule has 1 aromatic rings. The van der Waals surface area contributed by atoms with Gasteiger partial charge in [0.15, 0.2) is 0 Å². The predicted molar refractivity (Wildman–Crippen MR) is 73.7 cm³/mol. The molecule has 0 aliphatic rings. The van der Waals surface area contributed by atoms with E-state index < -0.39 is 17.9 Å². The lowest BCUT2D eigenvalue weighted by molar-refractivity contribution is -0.138. The van der Waals surface area contributed by atoms with Gasteiger partial charge in [-0.3, -0.25) is 4.79 Å². The highest BCUT2D eigenvalue weighted by Crippen LogP contribution is 2.19. The van der Waals surface area contributed by atoms with Crippen LogP contribution in [0.25, 0.3) is 0 Å². The van der Waals surface area contributed by atoms with Gasteiger partial charge in [-0.05, 0) is 24.5 Å². The molecule has 1 atom stereocenters. The van der Waals surface area contributed by atoms with Crippen LogP contribution in [0.3, 0.4) is 0 Å². The number of aliphatic carboxylic acids is 1. The third-order valence-electron chi connectivity index (χ3n) is 2.06. The zero-order valence-electron chi connectivity index (χ0n) is 9.44. The Morgan fingerprint density at radius 2 is 1.89 bits per heavy atom. The van der Waals surface area contributed by atoms with Gasteiger partial charge in [-0.1, -0.05) is 23.2 Å². The number of hydrogen-bond acceptors (Lipinski definition) is 3. The minimum absolute atomic E-state index is 0.236. The average Bonchev–Trinajstić information content (AvgIpc) is 2.26. The first kappa shape index (κ1) is 15.1. The van der Waals surface area contributed by atoms with E-state index in [2.05, 4.69) is 5.32 Å². The van der Waals surface area contributed by atoms with Crippen LogP contribution in [-0.4, -0.2) is 35.0 Å². The molecular weight excluding hydrogens is 297 g/mol. The van der Waals surface area contributed by atoms with Gasteiger partial charge in [0.25, 0.3) is 5.91 Å². The van der Waals surface area contributed by atoms with Crippen LogP contribution in [0.4, 0.5) is 0 Å². The van der Waals surface area contributed by atoms with E-state index in [0.717, 1.165) is 0 Å². The summed E-state index contributed by atoms with van der Waals surface area (Å²) < 4.78 is 0. The van der Waals surface area contributed by atoms with E-state index in [1.807, 2.05) is 0 Å². The molecule has 1 amide bonds. The predicted octanol–water partition coefficient (Wildman–Crippen LogP) is 2.54. The minimum Gasteiger partial charge on any atom is -0.480 e. The number of nitrogens with one attached hydrogen (secondary N) is 1. The fourth-order valence-electron chi connectivity index (χ4n) is 1.27. The molecule has 0 saturated carbocycles. The van der Waals surface area contributed by atoms with Crippen molar-refractivity contribution in [3.8, 4) is 0 Å². The molecule has 0 fully saturated rings. The Morgan fingerprint density at radius 1 is 1.33 bits per heavy atom. The molecule has 98 valence electrons. The van der Waals surface area contributed by atoms with Gasteiger partial charge in [0, 0.05) is 21.4 Å². The smallest absolute Gasteiger partial charge is 0.327 e. The molecule has 7 heteroatoms. The topological polar surface area (TPSA) is 66.4 Å². The standard InChI is InChI=1S/C11H11Cl2NO3S/c1-18-5-9(11(16)17)14-10(15)6-2-7(12)4-8(13)3-6/h2-4,9H,5H2,1H3,(H,14,15)(H,16,17). The molecule has 18 heavy (non-hydrogen) atoms. The van der Waals surface area contributed by atoms with Gasteiger partial charge in [0.1, 0.15) is 6.04 Å². The highest BCUT2D eigenvalue weighted by Gasteiger charge is 2.20. The van der Waals surface area contributed by atoms with E-state index in [1.165, 1.54) is 30.0 Å². The molecule has 0 spiro atoms. The summed E-state index contributed by atoms with van der Waals surface area (Å²) in [6.45, 7) is 0. The Kier molecular flexibility index (Phi) is 5.78. The number of hydrogen-bond donors (Lipinski definition) is 2. The molecule has 0 bridgehead atoms. The molecule has 1 aromatic carbocycles. The molecule has 0 radical (unpaired) electrons. The number of amides is 1. The maximum Gasteiger partial charge on any atom is 0.327 e. The van der Waals surface area contributed by atoms with Crippen molar-refractivity contribution in [2.45, 2.75) is 6.04 Å². The van der Waals surface area contributed by atoms with Gasteiger partial charge < -0.3 is 10.4 Å². The monoisotopic (exact) mass is 307 g/mol. The SMILES string of the molecule is CSCC(NC(=O)c1cc(Cl)cc(Cl)c1)C(=O)O. The molecule has 4 nitrogen and oxygen atoms in total. The molecule has 1 unspecified atom stereocenters. The van der Waals surface area contributed by atoms with Crippen molar-refractivity contribution in [3.63, 3.8) is 0 Å². The number of thioether (sulfide) groups is 1. The lowest BCUT2D eigenvalue weighted by Gasteiger charge is -2.13. The highest BCUT2D eigenvalue weighted by atomic mass is 35.5. The third-order valence-corrected chi connectivity index (χ3v) is 3.16. The maximum absolute atomic E-state index is 11.8. The zero-order valence-corrected chi connectivity index (χ0v) is 11.8. The quantitative estimate of drug-likeness (QED) is 0.877. The van der Waals surface area contributed by atoms with Gasteiger partial charge in [-0.2, -0.15) is 11.8 Å². The molecule has 0 heterocycles. The number of benzene rings is 1. The van der Waals surface area contributed by atoms with Gasteiger partial charge >= 0.3 is 5.97 Å². The molecule has 0 aromatic heterocycles. The van der Waals surface area contributed by atoms with Crippen molar-refractivity contribution in [2.24, 2.45) is 0 Å². The number of carbonyl (C=O) groups excluding carboxylic acids is 1. The van der Waals surface area contributed by atoms with Crippen molar-refractivity contribution in [3.05, 3.63) is 33.8 Å². The van der Waals surface area contributed by atoms with Crippen LogP contribution in [0, 0.1) is 0 Å². The molecule has 0 aliphatic heterocycles. The molecule has 1 rings (SSSR count). The first-order valence-corrected chi connectivity index (χ1v) is 7.07. The summed E-state index contributed by atoms with van der Waals surface area (Å²) in [5, 5.41) is 12.0. The van der Waals surface area contributed by atoms with Gasteiger partial charge in [-0.15, -0.1) is 0 Å². The van der Waals surface area contributed by atoms with E-state index in [4.69, 9.17) is 28.3 Å². The summed E-state index contributed by atoms with van der Waals surface area (Å²) in [5.41, 5.74) is 0.236. The average molecular weight is 308 g/mol. The van der Waals surface area contributed by atoms with Gasteiger partial charge in [0.2, 0.25) is 0 Å². The van der Waals surface area contributed by atoms with E-state index in [9.17, 15) is 9.59 Å². The normalized spacial score (nSPS) is 11.9. The second-order valence-corrected chi connectivity index (χ2v) is 5.26. The summed E-state index contributed by atoms with van der Waals surface area (Å²) in [6, 6.07) is 3.42. The van der Waals surface area contributed by atoms with Crippen LogP contribution >= 0.6 is 35.0 Å². The Balaban J connectivity index is 2.83. The minimum atomic E-state index is -1.08. The second-order valence-electron chi connectivity index (χ2n) is 3.48. The van der Waals surface area contributed by atoms with Crippen LogP contribution in [0.1, 0.15) is 10.4 Å². The lowest BCUT2D eigenvalue weighted by Crippen LogP contribution is -2.42. The van der Waals surface area contributed by atoms with Crippen LogP contribution in [0.2, 0.25) is 10.0 Å². The first-order valence-electron chi connectivity index (χ1n) is 4.92. The van der Waals surface area contributed by atoms with Gasteiger partial charge in [0.05, 0.1) is 0 Å². The molecule has 2 N–H and O–H groups in total. The Bertz CT molecular complexity index is 447. The first-order chi connectivity index (χ1) is 8.43. The number of carbonyl (C=O) groups is 2. The summed E-state index contributed by atoms with van der Waals surface area (Å²) >= 11 is 12.9. The number of rotatable bonds is 5. The number of carboxylic acid groups (broad SMARTS) is 1. The summed E-state index contributed by atoms with van der Waals surface area (Å²) in [4.78, 5) is 22.7. The largest absolute Gasteiger partial charge is 0.480 e. The van der Waals surface area contributed by atoms with Crippen molar-refractivity contribution < 1.29 is 14.7 Å². The van der Waals surface area contributed by atoms with Crippen LogP contribution in [0.5, 0.6) is 0 Å². The van der Waals surface area contributed by atoms with Crippen LogP contribution in [-0.2, 0) is 4.79 Å². The summed E-state index contributed by atoms with van der Waals surface area (Å²) in [5.74, 6) is -1.30. The van der Waals surface area contributed by atoms with Crippen molar-refractivity contribution >= 4 is 46.8 Å². The van der Waals surface area contributed by atoms with Crippen LogP contribution < -0.4 is 5.32 Å². The Hall–Kier alpha value is -0.910. The number of carboxylic acids is 1. The summed E-state index contributed by atoms with van der Waals surface area (Å²) in [6.07, 6.45) is 1.76. The van der Waals surface area contributed by atoms with E-state index in [0.29, 0.717) is 10.0 Å². The number of halogens is 2. The molecular formula is C11H11Cl2NO3S. The third kappa shape index (κ3) is 4.40. The zero-order chi connectivity index (χ0) is 13.7. The lowest BCUT2D eigenvalue weighted by atomic mass is 10.2. The summed E-state index contributed by atoms with van der Waals surface area (Å²) in [7, 11) is 0. The van der Waals surface area contributed by atoms with E-state index in [1.54, 1.807) is 6.26 Å². The molecule has 0 saturated heterocycles. The fourth-order valence-corrected chi connectivity index (χ4v) is 2.35. The Morgan fingerprint density at radius 3 is 2.33 bits per heavy atom. The van der Waals surface area contributed by atoms with Crippen LogP contribution in [0.15, 0.2) is 18.2 Å². The highest BCUT2D eigenvalue weighted by molar-refractivity contribution is 7.98. The van der Waals surface area contributed by atoms with Gasteiger partial charge in [-0.25, -0.2) is 4.79 Å². The molecule has 0 aliphatic carbocycles. The van der Waals surface area contributed by atoms with E-state index in [-0.39, 0.29) is 11.3 Å². The maximum atomic E-state index is 11.8. The fraction of sp³-hybridized carbons (Fsp3) is 0.273. The Labute approximate surface area is 119 Å². The van der Waals surface area contributed by atoms with E-state index >= 15 is 0 Å². The second kappa shape index (κ2) is 6.87. The van der Waals surface area contributed by atoms with Crippen molar-refractivity contribution in [1.82, 2.24) is 5.32 Å². The van der Waals surface area contributed by atoms with Crippen molar-refractivity contribution in [2.75, 3.05) is 12.0 Å².